The summed E-state index contributed by atoms with van der Waals surface area (Å²) >= 11 is 1.07. The van der Waals surface area contributed by atoms with Crippen LogP contribution in [0.4, 0.5) is 0 Å². The predicted octanol–water partition coefficient (Wildman–Crippen LogP) is 0.623. The topological polar surface area (TPSA) is 88.0 Å². The van der Waals surface area contributed by atoms with Gasteiger partial charge in [-0.2, -0.15) is 0 Å². The van der Waals surface area contributed by atoms with Crippen molar-refractivity contribution in [3.63, 3.8) is 0 Å². The van der Waals surface area contributed by atoms with E-state index >= 15 is 0 Å². The van der Waals surface area contributed by atoms with Crippen LogP contribution in [-0.2, 0) is 17.8 Å². The molecular formula is C13H15N3O2S. The summed E-state index contributed by atoms with van der Waals surface area (Å²) in [7, 11) is 0. The number of hydrogen-bond donors (Lipinski definition) is 3. The van der Waals surface area contributed by atoms with Crippen LogP contribution in [0, 0.1) is 0 Å². The van der Waals surface area contributed by atoms with E-state index in [1.165, 1.54) is 0 Å². The Labute approximate surface area is 114 Å². The molecule has 0 saturated carbocycles. The Bertz CT molecular complexity index is 591. The lowest BCUT2D eigenvalue weighted by molar-refractivity contribution is -0.122. The number of aromatic nitrogens is 1. The number of nitrogens with one attached hydrogen (secondary N) is 2. The fourth-order valence-electron chi connectivity index (χ4n) is 1.67. The van der Waals surface area contributed by atoms with E-state index in [1.807, 2.05) is 30.3 Å². The van der Waals surface area contributed by atoms with Gasteiger partial charge >= 0.3 is 4.87 Å². The van der Waals surface area contributed by atoms with Crippen molar-refractivity contribution in [2.45, 2.75) is 19.0 Å². The highest BCUT2D eigenvalue weighted by atomic mass is 32.1. The molecule has 1 heterocycles. The zero-order valence-electron chi connectivity index (χ0n) is 10.3. The van der Waals surface area contributed by atoms with Crippen LogP contribution in [-0.4, -0.2) is 16.9 Å². The minimum absolute atomic E-state index is 0.127. The van der Waals surface area contributed by atoms with Gasteiger partial charge in [-0.15, -0.1) is 0 Å². The van der Waals surface area contributed by atoms with Gasteiger partial charge in [0.05, 0.1) is 12.6 Å². The molecule has 0 aliphatic heterocycles. The molecule has 6 heteroatoms. The molecule has 1 atom stereocenters. The van der Waals surface area contributed by atoms with Crippen LogP contribution in [0.2, 0.25) is 0 Å². The Kier molecular flexibility index (Phi) is 4.48. The van der Waals surface area contributed by atoms with Crippen molar-refractivity contribution in [3.8, 4) is 0 Å². The first kappa shape index (κ1) is 13.5. The zero-order chi connectivity index (χ0) is 13.7. The smallest absolute Gasteiger partial charge is 0.304 e. The number of carbonyl (C=O) groups is 1. The molecule has 0 saturated heterocycles. The Morgan fingerprint density at radius 2 is 2.11 bits per heavy atom. The van der Waals surface area contributed by atoms with Crippen molar-refractivity contribution in [3.05, 3.63) is 56.6 Å². The second kappa shape index (κ2) is 6.31. The number of benzene rings is 1. The molecule has 2 aromatic rings. The summed E-state index contributed by atoms with van der Waals surface area (Å²) in [5.41, 5.74) is 7.55. The van der Waals surface area contributed by atoms with Crippen LogP contribution in [0.15, 0.2) is 40.5 Å². The Morgan fingerprint density at radius 1 is 1.37 bits per heavy atom. The van der Waals surface area contributed by atoms with Gasteiger partial charge in [0.1, 0.15) is 0 Å². The third kappa shape index (κ3) is 4.04. The first-order chi connectivity index (χ1) is 9.15. The molecule has 2 rings (SSSR count). The average Bonchev–Trinajstić information content (AvgIpc) is 2.83. The van der Waals surface area contributed by atoms with Crippen LogP contribution in [0.3, 0.4) is 0 Å². The molecular weight excluding hydrogens is 262 g/mol. The van der Waals surface area contributed by atoms with E-state index in [0.29, 0.717) is 18.7 Å². The Balaban J connectivity index is 1.84. The standard InChI is InChI=1S/C13H15N3O2S/c14-11(6-9-4-2-1-3-5-9)12(17)15-7-10-8-19-13(18)16-10/h1-5,8,11H,6-7,14H2,(H,15,17)(H,16,18)/t11-/m0/s1. The maximum atomic E-state index is 11.8. The highest BCUT2D eigenvalue weighted by Crippen LogP contribution is 2.02. The predicted molar refractivity (Wildman–Crippen MR) is 74.9 cm³/mol. The fraction of sp³-hybridized carbons (Fsp3) is 0.231. The molecule has 0 aliphatic carbocycles. The zero-order valence-corrected chi connectivity index (χ0v) is 11.1. The molecule has 5 nitrogen and oxygen atoms in total. The quantitative estimate of drug-likeness (QED) is 0.748. The van der Waals surface area contributed by atoms with Crippen molar-refractivity contribution in [2.24, 2.45) is 5.73 Å². The molecule has 0 bridgehead atoms. The molecule has 4 N–H and O–H groups in total. The third-order valence-electron chi connectivity index (χ3n) is 2.66. The molecule has 19 heavy (non-hydrogen) atoms. The molecule has 0 aliphatic rings. The van der Waals surface area contributed by atoms with Crippen LogP contribution in [0.25, 0.3) is 0 Å². The van der Waals surface area contributed by atoms with Gasteiger partial charge in [-0.1, -0.05) is 41.7 Å². The molecule has 0 radical (unpaired) electrons. The SMILES string of the molecule is N[C@@H](Cc1ccccc1)C(=O)NCc1csc(=O)[nH]1. The van der Waals surface area contributed by atoms with Gasteiger partial charge in [0.15, 0.2) is 0 Å². The molecule has 0 unspecified atom stereocenters. The van der Waals surface area contributed by atoms with E-state index in [9.17, 15) is 9.59 Å². The van der Waals surface area contributed by atoms with Gasteiger partial charge < -0.3 is 16.0 Å². The maximum Gasteiger partial charge on any atom is 0.304 e. The van der Waals surface area contributed by atoms with Gasteiger partial charge in [0.2, 0.25) is 5.91 Å². The van der Waals surface area contributed by atoms with E-state index in [2.05, 4.69) is 10.3 Å². The average molecular weight is 277 g/mol. The second-order valence-corrected chi connectivity index (χ2v) is 5.03. The highest BCUT2D eigenvalue weighted by molar-refractivity contribution is 7.07. The van der Waals surface area contributed by atoms with E-state index in [0.717, 1.165) is 16.9 Å². The number of hydrogen-bond acceptors (Lipinski definition) is 4. The minimum atomic E-state index is -0.590. The van der Waals surface area contributed by atoms with Crippen molar-refractivity contribution in [2.75, 3.05) is 0 Å². The van der Waals surface area contributed by atoms with Crippen LogP contribution >= 0.6 is 11.3 Å². The number of H-pyrrole nitrogens is 1. The fourth-order valence-corrected chi connectivity index (χ4v) is 2.26. The first-order valence-corrected chi connectivity index (χ1v) is 6.77. The summed E-state index contributed by atoms with van der Waals surface area (Å²) in [6.45, 7) is 0.292. The molecule has 100 valence electrons. The van der Waals surface area contributed by atoms with Crippen molar-refractivity contribution in [1.82, 2.24) is 10.3 Å². The molecule has 0 spiro atoms. The molecule has 0 fully saturated rings. The number of thiazole rings is 1. The van der Waals surface area contributed by atoms with Gasteiger partial charge in [0.25, 0.3) is 0 Å². The van der Waals surface area contributed by atoms with E-state index in [-0.39, 0.29) is 10.8 Å². The first-order valence-electron chi connectivity index (χ1n) is 5.89. The summed E-state index contributed by atoms with van der Waals surface area (Å²) in [5, 5.41) is 4.39. The van der Waals surface area contributed by atoms with E-state index in [1.54, 1.807) is 5.38 Å². The summed E-state index contributed by atoms with van der Waals surface area (Å²) in [6, 6.07) is 9.02. The van der Waals surface area contributed by atoms with Crippen LogP contribution in [0.1, 0.15) is 11.3 Å². The van der Waals surface area contributed by atoms with Gasteiger partial charge in [-0.05, 0) is 12.0 Å². The summed E-state index contributed by atoms with van der Waals surface area (Å²) in [6.07, 6.45) is 0.493. The number of amides is 1. The van der Waals surface area contributed by atoms with Crippen molar-refractivity contribution < 1.29 is 4.79 Å². The van der Waals surface area contributed by atoms with Gasteiger partial charge in [0, 0.05) is 11.1 Å². The molecule has 1 aromatic heterocycles. The van der Waals surface area contributed by atoms with Crippen molar-refractivity contribution >= 4 is 17.2 Å². The lowest BCUT2D eigenvalue weighted by Crippen LogP contribution is -2.41. The van der Waals surface area contributed by atoms with Crippen molar-refractivity contribution in [1.29, 1.82) is 0 Å². The third-order valence-corrected chi connectivity index (χ3v) is 3.38. The molecule has 1 aromatic carbocycles. The largest absolute Gasteiger partial charge is 0.349 e. The maximum absolute atomic E-state index is 11.8. The number of aromatic amines is 1. The normalized spacial score (nSPS) is 12.1. The Hall–Kier alpha value is -1.92. The highest BCUT2D eigenvalue weighted by Gasteiger charge is 2.13. The van der Waals surface area contributed by atoms with Gasteiger partial charge in [-0.25, -0.2) is 0 Å². The lowest BCUT2D eigenvalue weighted by atomic mass is 10.1. The molecule has 1 amide bonds. The summed E-state index contributed by atoms with van der Waals surface area (Å²) in [4.78, 5) is 25.2. The lowest BCUT2D eigenvalue weighted by Gasteiger charge is -2.11. The number of carbonyl (C=O) groups excluding carboxylic acids is 1. The van der Waals surface area contributed by atoms with Gasteiger partial charge in [-0.3, -0.25) is 9.59 Å². The summed E-state index contributed by atoms with van der Waals surface area (Å²) < 4.78 is 0. The van der Waals surface area contributed by atoms with E-state index in [4.69, 9.17) is 5.73 Å². The number of nitrogens with two attached hydrogens (primary N) is 1. The summed E-state index contributed by atoms with van der Waals surface area (Å²) in [5.74, 6) is -0.226. The van der Waals surface area contributed by atoms with Crippen LogP contribution < -0.4 is 15.9 Å². The van der Waals surface area contributed by atoms with E-state index < -0.39 is 6.04 Å². The number of rotatable bonds is 5. The monoisotopic (exact) mass is 277 g/mol. The minimum Gasteiger partial charge on any atom is -0.349 e. The van der Waals surface area contributed by atoms with Crippen LogP contribution in [0.5, 0.6) is 0 Å². The Morgan fingerprint density at radius 3 is 2.74 bits per heavy atom. The second-order valence-electron chi connectivity index (χ2n) is 4.19.